The van der Waals surface area contributed by atoms with E-state index < -0.39 is 12.0 Å². The van der Waals surface area contributed by atoms with Crippen LogP contribution in [0, 0.1) is 0 Å². The Bertz CT molecular complexity index is 955. The second-order valence-electron chi connectivity index (χ2n) is 7.22. The maximum absolute atomic E-state index is 12.9. The van der Waals surface area contributed by atoms with Gasteiger partial charge in [-0.1, -0.05) is 60.7 Å². The number of benzene rings is 3. The van der Waals surface area contributed by atoms with Crippen molar-refractivity contribution in [1.29, 1.82) is 0 Å². The highest BCUT2D eigenvalue weighted by molar-refractivity contribution is 5.95. The number of ether oxygens (including phenoxy) is 2. The average molecular weight is 425 g/mol. The van der Waals surface area contributed by atoms with E-state index in [1.807, 2.05) is 60.7 Å². The van der Waals surface area contributed by atoms with Crippen LogP contribution in [0.3, 0.4) is 0 Å². The van der Waals surface area contributed by atoms with Crippen molar-refractivity contribution >= 4 is 5.91 Å². The van der Waals surface area contributed by atoms with Crippen LogP contribution in [0.2, 0.25) is 0 Å². The molecule has 0 saturated heterocycles. The van der Waals surface area contributed by atoms with Crippen molar-refractivity contribution in [2.24, 2.45) is 0 Å². The molecule has 0 aliphatic rings. The van der Waals surface area contributed by atoms with E-state index in [-0.39, 0.29) is 24.0 Å². The Morgan fingerprint density at radius 1 is 0.935 bits per heavy atom. The molecule has 162 valence electrons. The number of carbonyl (C=O) groups is 1. The Hall–Kier alpha value is -3.41. The van der Waals surface area contributed by atoms with Crippen LogP contribution in [0.5, 0.6) is 11.5 Å². The molecule has 0 atom stereocenters. The molecule has 0 heterocycles. The third kappa shape index (κ3) is 5.40. The first-order valence-corrected chi connectivity index (χ1v) is 10.0. The normalized spacial score (nSPS) is 11.3. The van der Waals surface area contributed by atoms with E-state index in [9.17, 15) is 13.6 Å². The first-order valence-electron chi connectivity index (χ1n) is 10.0. The molecule has 0 radical (unpaired) electrons. The van der Waals surface area contributed by atoms with Gasteiger partial charge in [-0.25, -0.2) is 0 Å². The van der Waals surface area contributed by atoms with Gasteiger partial charge in [0.15, 0.2) is 11.5 Å². The molecule has 0 saturated carbocycles. The lowest BCUT2D eigenvalue weighted by Crippen LogP contribution is -2.39. The van der Waals surface area contributed by atoms with Crippen LogP contribution < -0.4 is 14.8 Å². The smallest absolute Gasteiger partial charge is 0.387 e. The van der Waals surface area contributed by atoms with E-state index in [2.05, 4.69) is 17.0 Å². The number of carbonyl (C=O) groups excluding carboxylic acids is 1. The van der Waals surface area contributed by atoms with Gasteiger partial charge in [-0.3, -0.25) is 4.79 Å². The molecular formula is C25H25F2NO3. The van der Waals surface area contributed by atoms with Crippen molar-refractivity contribution in [3.8, 4) is 11.5 Å². The second-order valence-corrected chi connectivity index (χ2v) is 7.22. The van der Waals surface area contributed by atoms with Gasteiger partial charge in [0.25, 0.3) is 5.91 Å². The molecule has 0 aromatic heterocycles. The van der Waals surface area contributed by atoms with E-state index in [1.54, 1.807) is 6.92 Å². The summed E-state index contributed by atoms with van der Waals surface area (Å²) >= 11 is 0. The van der Waals surface area contributed by atoms with Gasteiger partial charge in [0.05, 0.1) is 6.61 Å². The van der Waals surface area contributed by atoms with Crippen LogP contribution in [0.25, 0.3) is 0 Å². The number of hydrogen-bond donors (Lipinski definition) is 1. The Kier molecular flexibility index (Phi) is 7.23. The summed E-state index contributed by atoms with van der Waals surface area (Å²) in [6.45, 7) is 1.42. The molecule has 6 heteroatoms. The van der Waals surface area contributed by atoms with Crippen LogP contribution in [-0.4, -0.2) is 25.7 Å². The van der Waals surface area contributed by atoms with Crippen LogP contribution >= 0.6 is 0 Å². The van der Waals surface area contributed by atoms with E-state index in [4.69, 9.17) is 4.74 Å². The standard InChI is InChI=1S/C25H25F2NO3/c1-3-30-22-16-18(14-15-21(22)31-24(26)27)23(29)28-17-25(2,19-10-6-4-7-11-19)20-12-8-5-9-13-20/h4-16,24H,3,17H2,1-2H3,(H,28,29). The van der Waals surface area contributed by atoms with Crippen molar-refractivity contribution in [2.75, 3.05) is 13.2 Å². The predicted molar refractivity (Wildman–Crippen MR) is 116 cm³/mol. The number of nitrogens with one attached hydrogen (secondary N) is 1. The van der Waals surface area contributed by atoms with Crippen molar-refractivity contribution in [3.63, 3.8) is 0 Å². The average Bonchev–Trinajstić information content (AvgIpc) is 2.79. The molecule has 3 aromatic rings. The van der Waals surface area contributed by atoms with Crippen LogP contribution in [0.15, 0.2) is 78.9 Å². The summed E-state index contributed by atoms with van der Waals surface area (Å²) in [6, 6.07) is 24.1. The molecule has 1 N–H and O–H groups in total. The van der Waals surface area contributed by atoms with E-state index >= 15 is 0 Å². The van der Waals surface area contributed by atoms with Crippen LogP contribution in [0.1, 0.15) is 35.3 Å². The molecule has 0 spiro atoms. The fourth-order valence-corrected chi connectivity index (χ4v) is 3.45. The van der Waals surface area contributed by atoms with Gasteiger partial charge in [0.2, 0.25) is 0 Å². The molecule has 0 aliphatic heterocycles. The molecule has 3 rings (SSSR count). The third-order valence-electron chi connectivity index (χ3n) is 5.15. The number of alkyl halides is 2. The molecule has 4 nitrogen and oxygen atoms in total. The SMILES string of the molecule is CCOc1cc(C(=O)NCC(C)(c2ccccc2)c2ccccc2)ccc1OC(F)F. The summed E-state index contributed by atoms with van der Waals surface area (Å²) in [5.74, 6) is -0.334. The first-order chi connectivity index (χ1) is 14.9. The van der Waals surface area contributed by atoms with Crippen molar-refractivity contribution in [1.82, 2.24) is 5.32 Å². The summed E-state index contributed by atoms with van der Waals surface area (Å²) in [5.41, 5.74) is 1.97. The molecule has 0 fully saturated rings. The lowest BCUT2D eigenvalue weighted by atomic mass is 9.76. The third-order valence-corrected chi connectivity index (χ3v) is 5.15. The molecule has 0 aliphatic carbocycles. The topological polar surface area (TPSA) is 47.6 Å². The first kappa shape index (κ1) is 22.3. The highest BCUT2D eigenvalue weighted by Gasteiger charge is 2.29. The van der Waals surface area contributed by atoms with Gasteiger partial charge < -0.3 is 14.8 Å². The van der Waals surface area contributed by atoms with Crippen LogP contribution in [0.4, 0.5) is 8.78 Å². The minimum absolute atomic E-state index is 0.101. The summed E-state index contributed by atoms with van der Waals surface area (Å²) in [7, 11) is 0. The second kappa shape index (κ2) is 10.1. The molecular weight excluding hydrogens is 400 g/mol. The zero-order valence-corrected chi connectivity index (χ0v) is 17.5. The van der Waals surface area contributed by atoms with Gasteiger partial charge >= 0.3 is 6.61 Å². The number of hydrogen-bond acceptors (Lipinski definition) is 3. The highest BCUT2D eigenvalue weighted by Crippen LogP contribution is 2.32. The monoisotopic (exact) mass is 425 g/mol. The quantitative estimate of drug-likeness (QED) is 0.498. The molecule has 1 amide bonds. The minimum atomic E-state index is -2.98. The summed E-state index contributed by atoms with van der Waals surface area (Å²) in [5, 5.41) is 2.98. The molecule has 3 aromatic carbocycles. The Morgan fingerprint density at radius 3 is 2.03 bits per heavy atom. The highest BCUT2D eigenvalue weighted by atomic mass is 19.3. The van der Waals surface area contributed by atoms with E-state index in [0.717, 1.165) is 11.1 Å². The minimum Gasteiger partial charge on any atom is -0.490 e. The number of rotatable bonds is 9. The maximum atomic E-state index is 12.9. The Morgan fingerprint density at radius 2 is 1.52 bits per heavy atom. The van der Waals surface area contributed by atoms with Crippen LogP contribution in [-0.2, 0) is 5.41 Å². The van der Waals surface area contributed by atoms with E-state index in [1.165, 1.54) is 18.2 Å². The Labute approximate surface area is 180 Å². The van der Waals surface area contributed by atoms with Gasteiger partial charge in [0.1, 0.15) is 0 Å². The van der Waals surface area contributed by atoms with Gasteiger partial charge in [-0.05, 0) is 43.2 Å². The number of amides is 1. The maximum Gasteiger partial charge on any atom is 0.387 e. The lowest BCUT2D eigenvalue weighted by molar-refractivity contribution is -0.0514. The zero-order valence-electron chi connectivity index (χ0n) is 17.5. The summed E-state index contributed by atoms with van der Waals surface area (Å²) in [4.78, 5) is 12.9. The number of halogens is 2. The van der Waals surface area contributed by atoms with Crippen molar-refractivity contribution in [3.05, 3.63) is 95.6 Å². The van der Waals surface area contributed by atoms with Gasteiger partial charge in [0, 0.05) is 17.5 Å². The predicted octanol–water partition coefficient (Wildman–Crippen LogP) is 5.42. The van der Waals surface area contributed by atoms with Gasteiger partial charge in [-0.15, -0.1) is 0 Å². The Balaban J connectivity index is 1.84. The lowest BCUT2D eigenvalue weighted by Gasteiger charge is -2.31. The summed E-state index contributed by atoms with van der Waals surface area (Å²) in [6.07, 6.45) is 0. The largest absolute Gasteiger partial charge is 0.490 e. The molecule has 0 unspecified atom stereocenters. The summed E-state index contributed by atoms with van der Waals surface area (Å²) < 4.78 is 35.1. The van der Waals surface area contributed by atoms with Crippen molar-refractivity contribution < 1.29 is 23.0 Å². The van der Waals surface area contributed by atoms with Crippen molar-refractivity contribution in [2.45, 2.75) is 25.9 Å². The van der Waals surface area contributed by atoms with E-state index in [0.29, 0.717) is 12.1 Å². The molecule has 0 bridgehead atoms. The molecule has 31 heavy (non-hydrogen) atoms. The fourth-order valence-electron chi connectivity index (χ4n) is 3.45. The van der Waals surface area contributed by atoms with Gasteiger partial charge in [-0.2, -0.15) is 8.78 Å². The zero-order chi connectivity index (χ0) is 22.3. The fraction of sp³-hybridized carbons (Fsp3) is 0.240.